The summed E-state index contributed by atoms with van der Waals surface area (Å²) < 4.78 is 16.9. The van der Waals surface area contributed by atoms with Crippen molar-refractivity contribution in [2.75, 3.05) is 13.2 Å². The first kappa shape index (κ1) is 75.3. The van der Waals surface area contributed by atoms with Crippen LogP contribution < -0.4 is 0 Å². The first-order valence-electron chi connectivity index (χ1n) is 33.7. The number of hydrogen-bond donors (Lipinski definition) is 0. The molecule has 1 atom stereocenters. The normalized spacial score (nSPS) is 12.7. The third-order valence-corrected chi connectivity index (χ3v) is 14.5. The zero-order chi connectivity index (χ0) is 57.1. The molecule has 79 heavy (non-hydrogen) atoms. The van der Waals surface area contributed by atoms with E-state index in [2.05, 4.69) is 118 Å². The van der Waals surface area contributed by atoms with Gasteiger partial charge in [0.15, 0.2) is 6.10 Å². The fraction of sp³-hybridized carbons (Fsp3) is 0.740. The molecule has 0 saturated heterocycles. The van der Waals surface area contributed by atoms with Crippen LogP contribution in [0.1, 0.15) is 329 Å². The van der Waals surface area contributed by atoms with Gasteiger partial charge in [0.25, 0.3) is 0 Å². The second-order valence-corrected chi connectivity index (χ2v) is 22.3. The molecule has 0 spiro atoms. The number of ether oxygens (including phenoxy) is 3. The number of unbranched alkanes of at least 4 members (excludes halogenated alkanes) is 34. The van der Waals surface area contributed by atoms with E-state index < -0.39 is 6.10 Å². The van der Waals surface area contributed by atoms with Gasteiger partial charge in [0.2, 0.25) is 0 Å². The SMILES string of the molecule is CC/C=C\C/C=C\C/C=C\C/C=C\C/C=C\C/C=C\CCCCCCCCCCCCCCC(=O)OCC(COC(=O)CCCCCCC/C=C\CCCC)OC(=O)CCCCCCCCCCC/C=C\CCCCCCCC. The van der Waals surface area contributed by atoms with Gasteiger partial charge in [-0.25, -0.2) is 0 Å². The molecular weight excluding hydrogens is 973 g/mol. The minimum atomic E-state index is -0.782. The van der Waals surface area contributed by atoms with E-state index >= 15 is 0 Å². The summed E-state index contributed by atoms with van der Waals surface area (Å²) in [5, 5.41) is 0. The van der Waals surface area contributed by atoms with Crippen LogP contribution >= 0.6 is 0 Å². The van der Waals surface area contributed by atoms with Crippen LogP contribution in [0.5, 0.6) is 0 Å². The number of hydrogen-bond acceptors (Lipinski definition) is 6. The highest BCUT2D eigenvalue weighted by Crippen LogP contribution is 2.17. The number of allylic oxidation sites excluding steroid dienone is 16. The average molecular weight is 1100 g/mol. The Morgan fingerprint density at radius 3 is 0.823 bits per heavy atom. The molecule has 0 radical (unpaired) electrons. The van der Waals surface area contributed by atoms with Crippen molar-refractivity contribution in [2.24, 2.45) is 0 Å². The third kappa shape index (κ3) is 65.0. The van der Waals surface area contributed by atoms with Crippen LogP contribution in [0.2, 0.25) is 0 Å². The van der Waals surface area contributed by atoms with E-state index in [1.165, 1.54) is 186 Å². The summed E-state index contributed by atoms with van der Waals surface area (Å²) in [6.07, 6.45) is 90.0. The van der Waals surface area contributed by atoms with Crippen molar-refractivity contribution in [3.05, 3.63) is 97.2 Å². The summed E-state index contributed by atoms with van der Waals surface area (Å²) >= 11 is 0. The monoisotopic (exact) mass is 1100 g/mol. The topological polar surface area (TPSA) is 78.9 Å². The molecule has 6 heteroatoms. The Balaban J connectivity index is 4.21. The lowest BCUT2D eigenvalue weighted by molar-refractivity contribution is -0.167. The molecule has 0 aromatic carbocycles. The fourth-order valence-electron chi connectivity index (χ4n) is 9.48. The zero-order valence-corrected chi connectivity index (χ0v) is 52.1. The van der Waals surface area contributed by atoms with Gasteiger partial charge in [-0.2, -0.15) is 0 Å². The van der Waals surface area contributed by atoms with Crippen molar-refractivity contribution in [1.82, 2.24) is 0 Å². The van der Waals surface area contributed by atoms with E-state index in [0.717, 1.165) is 103 Å². The van der Waals surface area contributed by atoms with Crippen molar-refractivity contribution in [2.45, 2.75) is 335 Å². The summed E-state index contributed by atoms with van der Waals surface area (Å²) in [4.78, 5) is 38.3. The van der Waals surface area contributed by atoms with Crippen LogP contribution in [-0.2, 0) is 28.6 Å². The lowest BCUT2D eigenvalue weighted by Crippen LogP contribution is -2.30. The van der Waals surface area contributed by atoms with Crippen molar-refractivity contribution in [1.29, 1.82) is 0 Å². The van der Waals surface area contributed by atoms with Gasteiger partial charge in [-0.1, -0.05) is 291 Å². The lowest BCUT2D eigenvalue weighted by Gasteiger charge is -2.18. The molecule has 6 nitrogen and oxygen atoms in total. The Morgan fingerprint density at radius 1 is 0.266 bits per heavy atom. The van der Waals surface area contributed by atoms with E-state index in [0.29, 0.717) is 19.3 Å². The van der Waals surface area contributed by atoms with Gasteiger partial charge in [0.05, 0.1) is 0 Å². The zero-order valence-electron chi connectivity index (χ0n) is 52.1. The van der Waals surface area contributed by atoms with Crippen LogP contribution in [0, 0.1) is 0 Å². The van der Waals surface area contributed by atoms with E-state index in [4.69, 9.17) is 14.2 Å². The van der Waals surface area contributed by atoms with Gasteiger partial charge >= 0.3 is 17.9 Å². The molecule has 0 N–H and O–H groups in total. The molecule has 454 valence electrons. The summed E-state index contributed by atoms with van der Waals surface area (Å²) in [5.74, 6) is -0.881. The van der Waals surface area contributed by atoms with Crippen LogP contribution in [0.4, 0.5) is 0 Å². The quantitative estimate of drug-likeness (QED) is 0.0261. The average Bonchev–Trinajstić information content (AvgIpc) is 3.45. The first-order valence-corrected chi connectivity index (χ1v) is 33.7. The summed E-state index contributed by atoms with van der Waals surface area (Å²) in [7, 11) is 0. The number of carbonyl (C=O) groups is 3. The van der Waals surface area contributed by atoms with E-state index in [-0.39, 0.29) is 31.1 Å². The maximum absolute atomic E-state index is 12.9. The van der Waals surface area contributed by atoms with Crippen LogP contribution in [0.15, 0.2) is 97.2 Å². The minimum absolute atomic E-state index is 0.0797. The Hall–Kier alpha value is -3.67. The highest BCUT2D eigenvalue weighted by molar-refractivity contribution is 5.71. The molecule has 0 saturated carbocycles. The van der Waals surface area contributed by atoms with E-state index in [1.807, 2.05) is 0 Å². The van der Waals surface area contributed by atoms with Crippen LogP contribution in [0.25, 0.3) is 0 Å². The molecule has 0 aliphatic heterocycles. The van der Waals surface area contributed by atoms with Crippen molar-refractivity contribution >= 4 is 17.9 Å². The van der Waals surface area contributed by atoms with Crippen LogP contribution in [0.3, 0.4) is 0 Å². The largest absolute Gasteiger partial charge is 0.462 e. The number of esters is 3. The Labute approximate surface area is 489 Å². The molecule has 0 bridgehead atoms. The molecular formula is C73H126O6. The van der Waals surface area contributed by atoms with Gasteiger partial charge < -0.3 is 14.2 Å². The van der Waals surface area contributed by atoms with Gasteiger partial charge in [-0.3, -0.25) is 14.4 Å². The van der Waals surface area contributed by atoms with E-state index in [1.54, 1.807) is 0 Å². The van der Waals surface area contributed by atoms with Gasteiger partial charge in [-0.15, -0.1) is 0 Å². The van der Waals surface area contributed by atoms with E-state index in [9.17, 15) is 14.4 Å². The highest BCUT2D eigenvalue weighted by atomic mass is 16.6. The summed E-state index contributed by atoms with van der Waals surface area (Å²) in [6.45, 7) is 6.50. The molecule has 0 aliphatic carbocycles. The third-order valence-electron chi connectivity index (χ3n) is 14.5. The molecule has 1 unspecified atom stereocenters. The Morgan fingerprint density at radius 2 is 0.506 bits per heavy atom. The van der Waals surface area contributed by atoms with Crippen LogP contribution in [-0.4, -0.2) is 37.2 Å². The highest BCUT2D eigenvalue weighted by Gasteiger charge is 2.19. The maximum Gasteiger partial charge on any atom is 0.306 e. The maximum atomic E-state index is 12.9. The van der Waals surface area contributed by atoms with Gasteiger partial charge in [0, 0.05) is 19.3 Å². The van der Waals surface area contributed by atoms with Crippen molar-refractivity contribution < 1.29 is 28.6 Å². The minimum Gasteiger partial charge on any atom is -0.462 e. The predicted molar refractivity (Wildman–Crippen MR) is 344 cm³/mol. The summed E-state index contributed by atoms with van der Waals surface area (Å²) in [6, 6.07) is 0. The molecule has 0 rings (SSSR count). The molecule has 0 aromatic heterocycles. The smallest absolute Gasteiger partial charge is 0.306 e. The predicted octanol–water partition coefficient (Wildman–Crippen LogP) is 23.2. The number of carbonyl (C=O) groups excluding carboxylic acids is 3. The second-order valence-electron chi connectivity index (χ2n) is 22.3. The van der Waals surface area contributed by atoms with Crippen molar-refractivity contribution in [3.63, 3.8) is 0 Å². The molecule has 0 amide bonds. The van der Waals surface area contributed by atoms with Gasteiger partial charge in [-0.05, 0) is 116 Å². The molecule has 0 aromatic rings. The number of rotatable bonds is 61. The summed E-state index contributed by atoms with van der Waals surface area (Å²) in [5.41, 5.74) is 0. The molecule has 0 heterocycles. The second kappa shape index (κ2) is 66.8. The standard InChI is InChI=1S/C73H126O6/c1-4-7-10-13-16-19-22-24-26-28-30-31-32-33-34-35-36-37-38-39-40-41-43-44-46-48-51-54-57-60-63-66-72(75)78-69-70(68-77-71(74)65-62-59-56-53-50-21-18-15-12-9-6-3)79-73(76)67-64-61-58-55-52-49-47-45-42-29-27-25-23-20-17-14-11-8-5-2/h7,10,15-16,18-19,24-27,30-31,33-34,36-37,70H,4-6,8-9,11-14,17,20-23,28-29,32,35,38-69H2,1-3H3/b10-7-,18-15-,19-16-,26-24-,27-25-,31-30-,34-33-,37-36-. The van der Waals surface area contributed by atoms with Crippen molar-refractivity contribution in [3.8, 4) is 0 Å². The Bertz CT molecular complexity index is 1540. The van der Waals surface area contributed by atoms with Gasteiger partial charge in [0.1, 0.15) is 13.2 Å². The molecule has 0 fully saturated rings. The Kier molecular flexibility index (Phi) is 63.7. The fourth-order valence-corrected chi connectivity index (χ4v) is 9.48. The first-order chi connectivity index (χ1) is 39.0. The molecule has 0 aliphatic rings. The lowest BCUT2D eigenvalue weighted by atomic mass is 10.0.